The van der Waals surface area contributed by atoms with Crippen LogP contribution in [0.3, 0.4) is 0 Å². The number of halogens is 1. The van der Waals surface area contributed by atoms with E-state index in [9.17, 15) is 4.79 Å². The lowest BCUT2D eigenvalue weighted by Crippen LogP contribution is -2.24. The van der Waals surface area contributed by atoms with Crippen molar-refractivity contribution in [3.8, 4) is 6.19 Å². The Bertz CT molecular complexity index is 554. The molecule has 5 nitrogen and oxygen atoms in total. The highest BCUT2D eigenvalue weighted by Crippen LogP contribution is 2.23. The second-order valence-corrected chi connectivity index (χ2v) is 4.98. The fraction of sp³-hybridized carbons (Fsp3) is 0.308. The number of nitrogens with one attached hydrogen (secondary N) is 2. The molecule has 0 atom stereocenters. The summed E-state index contributed by atoms with van der Waals surface area (Å²) in [4.78, 5) is 16.2. The van der Waals surface area contributed by atoms with Crippen LogP contribution in [0.5, 0.6) is 0 Å². The third-order valence-electron chi connectivity index (χ3n) is 2.32. The lowest BCUT2D eigenvalue weighted by atomic mass is 10.2. The second kappa shape index (κ2) is 8.46. The molecule has 0 aromatic heterocycles. The zero-order chi connectivity index (χ0) is 15.0. The van der Waals surface area contributed by atoms with Crippen LogP contribution in [-0.2, 0) is 0 Å². The maximum Gasteiger partial charge on any atom is 0.252 e. The van der Waals surface area contributed by atoms with Crippen LogP contribution >= 0.6 is 23.4 Å². The molecule has 106 valence electrons. The third kappa shape index (κ3) is 4.76. The SMILES string of the molecule is CCCNC(=O)c1cc(N=C(NC#N)SC)ccc1Cl. The molecule has 0 saturated carbocycles. The van der Waals surface area contributed by atoms with Gasteiger partial charge in [0.2, 0.25) is 0 Å². The standard InChI is InChI=1S/C13H15ClN4OS/c1-3-6-16-12(19)10-7-9(4-5-11(10)14)18-13(20-2)17-8-15/h4-5,7H,3,6H2,1-2H3,(H,16,19)(H,17,18). The monoisotopic (exact) mass is 310 g/mol. The Morgan fingerprint density at radius 3 is 2.90 bits per heavy atom. The van der Waals surface area contributed by atoms with E-state index in [0.717, 1.165) is 6.42 Å². The van der Waals surface area contributed by atoms with E-state index < -0.39 is 0 Å². The Morgan fingerprint density at radius 1 is 1.55 bits per heavy atom. The van der Waals surface area contributed by atoms with Crippen molar-refractivity contribution < 1.29 is 4.79 Å². The maximum atomic E-state index is 11.9. The summed E-state index contributed by atoms with van der Waals surface area (Å²) in [7, 11) is 0. The van der Waals surface area contributed by atoms with E-state index in [4.69, 9.17) is 16.9 Å². The van der Waals surface area contributed by atoms with Crippen LogP contribution in [0, 0.1) is 11.5 Å². The van der Waals surface area contributed by atoms with Crippen LogP contribution in [-0.4, -0.2) is 23.9 Å². The van der Waals surface area contributed by atoms with Gasteiger partial charge in [0.05, 0.1) is 16.3 Å². The van der Waals surface area contributed by atoms with E-state index in [0.29, 0.717) is 28.0 Å². The van der Waals surface area contributed by atoms with Crippen molar-refractivity contribution in [1.82, 2.24) is 10.6 Å². The minimum absolute atomic E-state index is 0.229. The van der Waals surface area contributed by atoms with E-state index >= 15 is 0 Å². The number of carbonyl (C=O) groups is 1. The molecule has 0 bridgehead atoms. The second-order valence-electron chi connectivity index (χ2n) is 3.78. The van der Waals surface area contributed by atoms with Gasteiger partial charge < -0.3 is 5.32 Å². The average molecular weight is 311 g/mol. The van der Waals surface area contributed by atoms with Crippen molar-refractivity contribution in [2.24, 2.45) is 4.99 Å². The highest BCUT2D eigenvalue weighted by molar-refractivity contribution is 8.13. The molecule has 20 heavy (non-hydrogen) atoms. The smallest absolute Gasteiger partial charge is 0.252 e. The summed E-state index contributed by atoms with van der Waals surface area (Å²) in [5, 5.41) is 14.6. The summed E-state index contributed by atoms with van der Waals surface area (Å²) < 4.78 is 0. The third-order valence-corrected chi connectivity index (χ3v) is 3.23. The van der Waals surface area contributed by atoms with E-state index in [1.54, 1.807) is 24.5 Å². The van der Waals surface area contributed by atoms with Gasteiger partial charge in [-0.2, -0.15) is 5.26 Å². The zero-order valence-corrected chi connectivity index (χ0v) is 12.8. The largest absolute Gasteiger partial charge is 0.352 e. The van der Waals surface area contributed by atoms with Crippen LogP contribution in [0.4, 0.5) is 5.69 Å². The van der Waals surface area contributed by atoms with Gasteiger partial charge in [-0.15, -0.1) is 0 Å². The van der Waals surface area contributed by atoms with E-state index in [2.05, 4.69) is 15.6 Å². The van der Waals surface area contributed by atoms with Gasteiger partial charge in [0.15, 0.2) is 11.4 Å². The fourth-order valence-corrected chi connectivity index (χ4v) is 1.93. The molecule has 0 spiro atoms. The molecule has 1 aromatic carbocycles. The molecule has 1 aromatic rings. The topological polar surface area (TPSA) is 77.3 Å². The Balaban J connectivity index is 3.02. The first-order valence-electron chi connectivity index (χ1n) is 5.97. The van der Waals surface area contributed by atoms with Gasteiger partial charge in [-0.3, -0.25) is 10.1 Å². The van der Waals surface area contributed by atoms with Crippen molar-refractivity contribution in [3.63, 3.8) is 0 Å². The lowest BCUT2D eigenvalue weighted by Gasteiger charge is -2.07. The number of nitrogens with zero attached hydrogens (tertiary/aromatic N) is 2. The highest BCUT2D eigenvalue weighted by Gasteiger charge is 2.10. The van der Waals surface area contributed by atoms with Gasteiger partial charge in [0.1, 0.15) is 0 Å². The molecule has 0 heterocycles. The van der Waals surface area contributed by atoms with Gasteiger partial charge >= 0.3 is 0 Å². The summed E-state index contributed by atoms with van der Waals surface area (Å²) in [6, 6.07) is 4.91. The molecular weight excluding hydrogens is 296 g/mol. The number of rotatable bonds is 4. The number of thioether (sulfide) groups is 1. The van der Waals surface area contributed by atoms with Gasteiger partial charge in [0.25, 0.3) is 5.91 Å². The van der Waals surface area contributed by atoms with Crippen molar-refractivity contribution in [2.45, 2.75) is 13.3 Å². The molecule has 2 N–H and O–H groups in total. The number of carbonyl (C=O) groups excluding carboxylic acids is 1. The molecule has 1 rings (SSSR count). The molecule has 0 aliphatic rings. The van der Waals surface area contributed by atoms with Crippen LogP contribution in [0.2, 0.25) is 5.02 Å². The first kappa shape index (κ1) is 16.3. The lowest BCUT2D eigenvalue weighted by molar-refractivity contribution is 0.0954. The molecule has 7 heteroatoms. The Morgan fingerprint density at radius 2 is 2.30 bits per heavy atom. The van der Waals surface area contributed by atoms with Crippen LogP contribution in [0.15, 0.2) is 23.2 Å². The van der Waals surface area contributed by atoms with Crippen molar-refractivity contribution in [3.05, 3.63) is 28.8 Å². The van der Waals surface area contributed by atoms with Gasteiger partial charge in [-0.25, -0.2) is 4.99 Å². The zero-order valence-electron chi connectivity index (χ0n) is 11.2. The molecule has 1 amide bonds. The predicted octanol–water partition coefficient (Wildman–Crippen LogP) is 2.90. The summed E-state index contributed by atoms with van der Waals surface area (Å²) >= 11 is 7.32. The van der Waals surface area contributed by atoms with E-state index in [1.165, 1.54) is 11.8 Å². The van der Waals surface area contributed by atoms with Crippen LogP contribution in [0.25, 0.3) is 0 Å². The molecule has 0 saturated heterocycles. The van der Waals surface area contributed by atoms with Crippen LogP contribution < -0.4 is 10.6 Å². The van der Waals surface area contributed by atoms with Crippen molar-refractivity contribution >= 4 is 40.1 Å². The Hall–Kier alpha value is -1.71. The number of benzene rings is 1. The van der Waals surface area contributed by atoms with Crippen molar-refractivity contribution in [1.29, 1.82) is 5.26 Å². The number of amides is 1. The highest BCUT2D eigenvalue weighted by atomic mass is 35.5. The minimum atomic E-state index is -0.229. The Labute approximate surface area is 127 Å². The normalized spacial score (nSPS) is 10.8. The summed E-state index contributed by atoms with van der Waals surface area (Å²) in [5.41, 5.74) is 0.932. The number of nitriles is 1. The average Bonchev–Trinajstić information content (AvgIpc) is 2.46. The first-order valence-corrected chi connectivity index (χ1v) is 7.58. The van der Waals surface area contributed by atoms with Crippen molar-refractivity contribution in [2.75, 3.05) is 12.8 Å². The molecular formula is C13H15ClN4OS. The quantitative estimate of drug-likeness (QED) is 0.388. The van der Waals surface area contributed by atoms with Gasteiger partial charge in [-0.1, -0.05) is 30.3 Å². The van der Waals surface area contributed by atoms with E-state index in [1.807, 2.05) is 13.1 Å². The Kier molecular flexibility index (Phi) is 6.91. The number of hydrogen-bond donors (Lipinski definition) is 2. The fourth-order valence-electron chi connectivity index (χ4n) is 1.38. The maximum absolute atomic E-state index is 11.9. The minimum Gasteiger partial charge on any atom is -0.352 e. The summed E-state index contributed by atoms with van der Waals surface area (Å²) in [6.45, 7) is 2.57. The number of aliphatic imine (C=N–C) groups is 1. The molecule has 0 aliphatic heterocycles. The van der Waals surface area contributed by atoms with Gasteiger partial charge in [-0.05, 0) is 30.9 Å². The molecule has 0 aliphatic carbocycles. The number of amidine groups is 1. The van der Waals surface area contributed by atoms with E-state index in [-0.39, 0.29) is 5.91 Å². The summed E-state index contributed by atoms with van der Waals surface area (Å²) in [6.07, 6.45) is 4.46. The first-order chi connectivity index (χ1) is 9.62. The summed E-state index contributed by atoms with van der Waals surface area (Å²) in [5.74, 6) is -0.229. The predicted molar refractivity (Wildman–Crippen MR) is 83.4 cm³/mol. The number of hydrogen-bond acceptors (Lipinski definition) is 4. The molecule has 0 fully saturated rings. The van der Waals surface area contributed by atoms with Crippen LogP contribution in [0.1, 0.15) is 23.7 Å². The molecule has 0 radical (unpaired) electrons. The molecule has 0 unspecified atom stereocenters. The van der Waals surface area contributed by atoms with Gasteiger partial charge in [0, 0.05) is 6.54 Å².